The van der Waals surface area contributed by atoms with E-state index in [0.29, 0.717) is 5.69 Å². The number of H-pyrrole nitrogens is 1. The molecular weight excluding hydrogens is 238 g/mol. The van der Waals surface area contributed by atoms with Crippen LogP contribution in [-0.4, -0.2) is 28.6 Å². The molecule has 0 saturated heterocycles. The first-order valence-corrected chi connectivity index (χ1v) is 6.27. The second-order valence-corrected chi connectivity index (χ2v) is 5.30. The predicted octanol–water partition coefficient (Wildman–Crippen LogP) is -0.116. The summed E-state index contributed by atoms with van der Waals surface area (Å²) in [5.74, 6) is 0.225. The van der Waals surface area contributed by atoms with Crippen LogP contribution in [0, 0.1) is 6.92 Å². The predicted molar refractivity (Wildman–Crippen MR) is 53.6 cm³/mol. The highest BCUT2D eigenvalue weighted by molar-refractivity contribution is 7.89. The van der Waals surface area contributed by atoms with E-state index in [1.54, 1.807) is 5.38 Å². The number of nitrogens with two attached hydrogens (primary N) is 1. The van der Waals surface area contributed by atoms with Gasteiger partial charge in [-0.1, -0.05) is 0 Å². The molecule has 0 amide bonds. The van der Waals surface area contributed by atoms with Crippen molar-refractivity contribution in [3.8, 4) is 11.5 Å². The zero-order valence-corrected chi connectivity index (χ0v) is 9.26. The first-order valence-electron chi connectivity index (χ1n) is 3.84. The Bertz CT molecular complexity index is 584. The third-order valence-electron chi connectivity index (χ3n) is 1.58. The van der Waals surface area contributed by atoms with E-state index >= 15 is 0 Å². The number of nitrogens with one attached hydrogen (secondary N) is 1. The third-order valence-corrected chi connectivity index (χ3v) is 3.08. The fraction of sp³-hybridized carbons (Fsp3) is 0.167. The number of nitrogens with zero attached hydrogens (tertiary/aromatic N) is 3. The van der Waals surface area contributed by atoms with E-state index in [9.17, 15) is 8.42 Å². The van der Waals surface area contributed by atoms with Crippen LogP contribution in [0.2, 0.25) is 0 Å². The van der Waals surface area contributed by atoms with Crippen molar-refractivity contribution in [2.24, 2.45) is 5.14 Å². The second kappa shape index (κ2) is 3.36. The van der Waals surface area contributed by atoms with Crippen LogP contribution in [0.4, 0.5) is 0 Å². The van der Waals surface area contributed by atoms with Crippen LogP contribution in [0.3, 0.4) is 0 Å². The quantitative estimate of drug-likeness (QED) is 0.765. The van der Waals surface area contributed by atoms with Crippen LogP contribution >= 0.6 is 11.3 Å². The number of aromatic amines is 1. The topological polar surface area (TPSA) is 115 Å². The van der Waals surface area contributed by atoms with Crippen molar-refractivity contribution in [1.29, 1.82) is 0 Å². The lowest BCUT2D eigenvalue weighted by Gasteiger charge is -1.86. The minimum atomic E-state index is -3.84. The van der Waals surface area contributed by atoms with Gasteiger partial charge in [-0.25, -0.2) is 23.6 Å². The Hall–Kier alpha value is -1.32. The Balaban J connectivity index is 2.44. The van der Waals surface area contributed by atoms with E-state index in [0.717, 1.165) is 5.01 Å². The van der Waals surface area contributed by atoms with Crippen molar-refractivity contribution >= 4 is 21.4 Å². The molecule has 3 N–H and O–H groups in total. The van der Waals surface area contributed by atoms with Crippen molar-refractivity contribution in [3.63, 3.8) is 0 Å². The molecule has 2 rings (SSSR count). The van der Waals surface area contributed by atoms with E-state index in [2.05, 4.69) is 20.2 Å². The zero-order chi connectivity index (χ0) is 11.1. The fourth-order valence-corrected chi connectivity index (χ4v) is 1.93. The van der Waals surface area contributed by atoms with Crippen molar-refractivity contribution in [1.82, 2.24) is 20.2 Å². The molecule has 2 aromatic heterocycles. The van der Waals surface area contributed by atoms with Gasteiger partial charge in [0, 0.05) is 5.38 Å². The van der Waals surface area contributed by atoms with Gasteiger partial charge in [0.05, 0.1) is 5.01 Å². The third kappa shape index (κ3) is 2.03. The Morgan fingerprint density at radius 1 is 1.47 bits per heavy atom. The van der Waals surface area contributed by atoms with Gasteiger partial charge < -0.3 is 0 Å². The molecule has 0 radical (unpaired) electrons. The van der Waals surface area contributed by atoms with Gasteiger partial charge in [0.1, 0.15) is 5.69 Å². The number of rotatable bonds is 2. The Morgan fingerprint density at radius 3 is 2.67 bits per heavy atom. The normalized spacial score (nSPS) is 11.9. The summed E-state index contributed by atoms with van der Waals surface area (Å²) in [5, 5.41) is 13.1. The average molecular weight is 245 g/mol. The summed E-state index contributed by atoms with van der Waals surface area (Å²) < 4.78 is 21.8. The first-order chi connectivity index (χ1) is 6.97. The highest BCUT2D eigenvalue weighted by Gasteiger charge is 2.16. The fourth-order valence-electron chi connectivity index (χ4n) is 0.955. The molecule has 0 bridgehead atoms. The first kappa shape index (κ1) is 10.2. The van der Waals surface area contributed by atoms with Crippen molar-refractivity contribution in [3.05, 3.63) is 10.4 Å². The van der Waals surface area contributed by atoms with E-state index in [1.165, 1.54) is 11.3 Å². The van der Waals surface area contributed by atoms with Crippen LogP contribution < -0.4 is 5.14 Å². The summed E-state index contributed by atoms with van der Waals surface area (Å²) in [4.78, 5) is 7.84. The van der Waals surface area contributed by atoms with Crippen molar-refractivity contribution in [2.75, 3.05) is 0 Å². The van der Waals surface area contributed by atoms with Gasteiger partial charge in [-0.2, -0.15) is 10.1 Å². The molecule has 0 aliphatic heterocycles. The lowest BCUT2D eigenvalue weighted by atomic mass is 10.5. The minimum absolute atomic E-state index is 0.225. The van der Waals surface area contributed by atoms with Gasteiger partial charge in [0.15, 0.2) is 0 Å². The maximum absolute atomic E-state index is 10.9. The Kier molecular flexibility index (Phi) is 2.29. The maximum Gasteiger partial charge on any atom is 0.273 e. The smallest absolute Gasteiger partial charge is 0.248 e. The molecule has 15 heavy (non-hydrogen) atoms. The molecule has 0 aliphatic rings. The lowest BCUT2D eigenvalue weighted by molar-refractivity contribution is 0.589. The number of hydrogen-bond donors (Lipinski definition) is 2. The molecule has 2 heterocycles. The zero-order valence-electron chi connectivity index (χ0n) is 7.63. The van der Waals surface area contributed by atoms with Crippen LogP contribution in [0.1, 0.15) is 5.01 Å². The highest BCUT2D eigenvalue weighted by Crippen LogP contribution is 2.17. The molecule has 7 nitrogen and oxygen atoms in total. The van der Waals surface area contributed by atoms with Crippen molar-refractivity contribution < 1.29 is 8.42 Å². The molecule has 0 aromatic carbocycles. The van der Waals surface area contributed by atoms with Gasteiger partial charge in [0.2, 0.25) is 5.82 Å². The van der Waals surface area contributed by atoms with Crippen LogP contribution in [0.15, 0.2) is 10.5 Å². The van der Waals surface area contributed by atoms with E-state index < -0.39 is 10.0 Å². The molecule has 0 spiro atoms. The second-order valence-electron chi connectivity index (χ2n) is 2.76. The largest absolute Gasteiger partial charge is 0.273 e. The SMILES string of the molecule is Cc1nc(-c2n[nH]c(S(N)(=O)=O)n2)cs1. The number of hydrogen-bond acceptors (Lipinski definition) is 6. The lowest BCUT2D eigenvalue weighted by Crippen LogP contribution is -2.13. The highest BCUT2D eigenvalue weighted by atomic mass is 32.2. The van der Waals surface area contributed by atoms with E-state index in [-0.39, 0.29) is 11.0 Å². The van der Waals surface area contributed by atoms with Crippen LogP contribution in [0.5, 0.6) is 0 Å². The molecule has 0 fully saturated rings. The summed E-state index contributed by atoms with van der Waals surface area (Å²) in [7, 11) is -3.84. The molecule has 0 atom stereocenters. The van der Waals surface area contributed by atoms with E-state index in [4.69, 9.17) is 5.14 Å². The van der Waals surface area contributed by atoms with E-state index in [1.807, 2.05) is 6.92 Å². The van der Waals surface area contributed by atoms with Gasteiger partial charge in [-0.15, -0.1) is 11.3 Å². The number of primary sulfonamides is 1. The summed E-state index contributed by atoms with van der Waals surface area (Å²) in [6, 6.07) is 0. The molecule has 0 aliphatic carbocycles. The summed E-state index contributed by atoms with van der Waals surface area (Å²) in [6.45, 7) is 1.83. The Labute approximate surface area is 89.4 Å². The molecule has 0 unspecified atom stereocenters. The minimum Gasteiger partial charge on any atom is -0.248 e. The molecule has 9 heteroatoms. The van der Waals surface area contributed by atoms with Crippen LogP contribution in [-0.2, 0) is 10.0 Å². The van der Waals surface area contributed by atoms with Gasteiger partial charge in [-0.05, 0) is 6.92 Å². The summed E-state index contributed by atoms with van der Waals surface area (Å²) in [6.07, 6.45) is 0. The Morgan fingerprint density at radius 2 is 2.20 bits per heavy atom. The molecular formula is C6H7N5O2S2. The molecule has 80 valence electrons. The molecule has 2 aromatic rings. The van der Waals surface area contributed by atoms with Gasteiger partial charge in [-0.3, -0.25) is 0 Å². The summed E-state index contributed by atoms with van der Waals surface area (Å²) >= 11 is 1.43. The van der Waals surface area contributed by atoms with Crippen molar-refractivity contribution in [2.45, 2.75) is 12.1 Å². The monoisotopic (exact) mass is 245 g/mol. The van der Waals surface area contributed by atoms with Gasteiger partial charge in [0.25, 0.3) is 15.2 Å². The maximum atomic E-state index is 10.9. The number of aryl methyl sites for hydroxylation is 1. The molecule has 0 saturated carbocycles. The summed E-state index contributed by atoms with van der Waals surface area (Å²) in [5.41, 5.74) is 0.531. The standard InChI is InChI=1S/C6H7N5O2S2/c1-3-8-4(2-14-3)5-9-6(11-10-5)15(7,12)13/h2H,1H3,(H2,7,12,13)(H,9,10,11). The van der Waals surface area contributed by atoms with Gasteiger partial charge >= 0.3 is 0 Å². The van der Waals surface area contributed by atoms with Crippen LogP contribution in [0.25, 0.3) is 11.5 Å². The number of aromatic nitrogens is 4. The average Bonchev–Trinajstić information content (AvgIpc) is 2.69. The number of sulfonamides is 1. The number of thiazole rings is 1.